The van der Waals surface area contributed by atoms with Gasteiger partial charge in [-0.3, -0.25) is 18.5 Å². The highest BCUT2D eigenvalue weighted by atomic mass is 19.4. The summed E-state index contributed by atoms with van der Waals surface area (Å²) in [5.41, 5.74) is 4.99. The van der Waals surface area contributed by atoms with Crippen LogP contribution in [0.3, 0.4) is 0 Å². The van der Waals surface area contributed by atoms with Crippen molar-refractivity contribution in [2.24, 2.45) is 19.8 Å². The van der Waals surface area contributed by atoms with Crippen LogP contribution in [-0.4, -0.2) is 37.8 Å². The van der Waals surface area contributed by atoms with Gasteiger partial charge >= 0.3 is 11.9 Å². The molecular formula is C20H23F3N6O2. The van der Waals surface area contributed by atoms with Crippen LogP contribution in [0.15, 0.2) is 33.9 Å². The number of piperidine rings is 1. The molecule has 31 heavy (non-hydrogen) atoms. The first-order valence-electron chi connectivity index (χ1n) is 9.91. The second-order valence-electron chi connectivity index (χ2n) is 7.92. The number of hydrogen-bond donors (Lipinski definition) is 1. The molecule has 2 aromatic heterocycles. The standard InChI is InChI=1S/C20H23F3N6O2/c1-26-16-15(17(30)27(2)19(26)31)29(18(25-16)28-8-4-7-14(24)11-28)10-12-5-3-6-13(9-12)20(21,22)23/h3,5-6,9,14H,4,7-8,10-11,24H2,1-2H3. The average Bonchev–Trinajstić information content (AvgIpc) is 3.09. The number of nitrogens with two attached hydrogens (primary N) is 1. The van der Waals surface area contributed by atoms with Crippen molar-refractivity contribution in [3.8, 4) is 0 Å². The molecule has 1 saturated heterocycles. The molecule has 0 saturated carbocycles. The quantitative estimate of drug-likeness (QED) is 0.671. The summed E-state index contributed by atoms with van der Waals surface area (Å²) in [5.74, 6) is 0.417. The Morgan fingerprint density at radius 3 is 2.61 bits per heavy atom. The molecule has 0 radical (unpaired) electrons. The molecule has 3 heterocycles. The first kappa shape index (κ1) is 21.2. The van der Waals surface area contributed by atoms with Gasteiger partial charge in [0.25, 0.3) is 5.56 Å². The summed E-state index contributed by atoms with van der Waals surface area (Å²) in [4.78, 5) is 31.8. The summed E-state index contributed by atoms with van der Waals surface area (Å²) in [6.07, 6.45) is -2.80. The highest BCUT2D eigenvalue weighted by molar-refractivity contribution is 5.75. The number of fused-ring (bicyclic) bond motifs is 1. The maximum Gasteiger partial charge on any atom is 0.416 e. The van der Waals surface area contributed by atoms with Gasteiger partial charge in [-0.15, -0.1) is 0 Å². The van der Waals surface area contributed by atoms with E-state index < -0.39 is 23.0 Å². The van der Waals surface area contributed by atoms with E-state index in [1.54, 1.807) is 10.6 Å². The molecule has 0 spiro atoms. The third-order valence-electron chi connectivity index (χ3n) is 5.66. The normalized spacial score (nSPS) is 17.5. The lowest BCUT2D eigenvalue weighted by Gasteiger charge is -2.31. The van der Waals surface area contributed by atoms with Gasteiger partial charge in [0.15, 0.2) is 11.2 Å². The summed E-state index contributed by atoms with van der Waals surface area (Å²) < 4.78 is 43.4. The zero-order chi connectivity index (χ0) is 22.5. The molecule has 11 heteroatoms. The first-order valence-corrected chi connectivity index (χ1v) is 9.91. The first-order chi connectivity index (χ1) is 14.6. The van der Waals surface area contributed by atoms with Gasteiger partial charge in [-0.2, -0.15) is 18.2 Å². The minimum Gasteiger partial charge on any atom is -0.341 e. The number of rotatable bonds is 3. The Bertz CT molecular complexity index is 1260. The van der Waals surface area contributed by atoms with Crippen molar-refractivity contribution in [1.82, 2.24) is 18.7 Å². The van der Waals surface area contributed by atoms with Crippen LogP contribution in [0.4, 0.5) is 19.1 Å². The number of nitrogens with zero attached hydrogens (tertiary/aromatic N) is 5. The molecule has 1 atom stereocenters. The van der Waals surface area contributed by atoms with E-state index in [-0.39, 0.29) is 23.8 Å². The molecule has 0 aliphatic carbocycles. The van der Waals surface area contributed by atoms with Crippen LogP contribution in [0.5, 0.6) is 0 Å². The summed E-state index contributed by atoms with van der Waals surface area (Å²) in [6, 6.07) is 4.88. The van der Waals surface area contributed by atoms with Gasteiger partial charge in [0, 0.05) is 33.2 Å². The maximum atomic E-state index is 13.2. The third kappa shape index (κ3) is 3.73. The molecule has 4 rings (SSSR count). The fourth-order valence-corrected chi connectivity index (χ4v) is 4.05. The number of benzene rings is 1. The van der Waals surface area contributed by atoms with Gasteiger partial charge in [-0.1, -0.05) is 12.1 Å². The van der Waals surface area contributed by atoms with E-state index >= 15 is 0 Å². The Labute approximate surface area is 175 Å². The highest BCUT2D eigenvalue weighted by Crippen LogP contribution is 2.30. The van der Waals surface area contributed by atoms with E-state index in [1.165, 1.54) is 24.7 Å². The largest absolute Gasteiger partial charge is 0.416 e. The Hall–Kier alpha value is -3.08. The topological polar surface area (TPSA) is 91.1 Å². The van der Waals surface area contributed by atoms with Crippen LogP contribution in [0.1, 0.15) is 24.0 Å². The van der Waals surface area contributed by atoms with Crippen LogP contribution >= 0.6 is 0 Å². The van der Waals surface area contributed by atoms with Gasteiger partial charge in [-0.25, -0.2) is 4.79 Å². The van der Waals surface area contributed by atoms with E-state index in [9.17, 15) is 22.8 Å². The molecule has 1 aliphatic heterocycles. The molecule has 0 bridgehead atoms. The van der Waals surface area contributed by atoms with Gasteiger partial charge in [0.1, 0.15) is 0 Å². The molecule has 1 fully saturated rings. The minimum absolute atomic E-state index is 0.00502. The van der Waals surface area contributed by atoms with Crippen molar-refractivity contribution in [1.29, 1.82) is 0 Å². The average molecular weight is 436 g/mol. The fourth-order valence-electron chi connectivity index (χ4n) is 4.05. The molecule has 166 valence electrons. The van der Waals surface area contributed by atoms with Crippen molar-refractivity contribution < 1.29 is 13.2 Å². The summed E-state index contributed by atoms with van der Waals surface area (Å²) in [5, 5.41) is 0. The van der Waals surface area contributed by atoms with Crippen molar-refractivity contribution in [3.05, 3.63) is 56.2 Å². The van der Waals surface area contributed by atoms with Crippen LogP contribution in [-0.2, 0) is 26.8 Å². The predicted molar refractivity (Wildman–Crippen MR) is 110 cm³/mol. The van der Waals surface area contributed by atoms with Crippen molar-refractivity contribution in [3.63, 3.8) is 0 Å². The Morgan fingerprint density at radius 2 is 1.94 bits per heavy atom. The van der Waals surface area contributed by atoms with Crippen LogP contribution in [0.2, 0.25) is 0 Å². The Balaban J connectivity index is 1.93. The number of aryl methyl sites for hydroxylation is 1. The van der Waals surface area contributed by atoms with E-state index in [0.29, 0.717) is 24.6 Å². The van der Waals surface area contributed by atoms with E-state index in [0.717, 1.165) is 29.5 Å². The number of halogens is 3. The third-order valence-corrected chi connectivity index (χ3v) is 5.66. The Morgan fingerprint density at radius 1 is 1.19 bits per heavy atom. The van der Waals surface area contributed by atoms with E-state index in [2.05, 4.69) is 4.98 Å². The summed E-state index contributed by atoms with van der Waals surface area (Å²) in [7, 11) is 2.87. The number of anilines is 1. The van der Waals surface area contributed by atoms with Gasteiger partial charge in [0.05, 0.1) is 12.1 Å². The maximum absolute atomic E-state index is 13.2. The summed E-state index contributed by atoms with van der Waals surface area (Å²) >= 11 is 0. The molecule has 1 aliphatic rings. The number of aromatic nitrogens is 4. The minimum atomic E-state index is -4.48. The summed E-state index contributed by atoms with van der Waals surface area (Å²) in [6.45, 7) is 1.14. The smallest absolute Gasteiger partial charge is 0.341 e. The highest BCUT2D eigenvalue weighted by Gasteiger charge is 2.31. The number of hydrogen-bond acceptors (Lipinski definition) is 5. The lowest BCUT2D eigenvalue weighted by molar-refractivity contribution is -0.137. The van der Waals surface area contributed by atoms with Crippen molar-refractivity contribution in [2.45, 2.75) is 31.6 Å². The monoisotopic (exact) mass is 436 g/mol. The molecule has 1 aromatic carbocycles. The van der Waals surface area contributed by atoms with Crippen LogP contribution in [0, 0.1) is 0 Å². The van der Waals surface area contributed by atoms with E-state index in [4.69, 9.17) is 5.73 Å². The lowest BCUT2D eigenvalue weighted by Crippen LogP contribution is -2.44. The molecule has 8 nitrogen and oxygen atoms in total. The lowest BCUT2D eigenvalue weighted by atomic mass is 10.1. The molecular weight excluding hydrogens is 413 g/mol. The number of imidazole rings is 1. The van der Waals surface area contributed by atoms with Gasteiger partial charge < -0.3 is 10.6 Å². The van der Waals surface area contributed by atoms with Crippen LogP contribution in [0.25, 0.3) is 11.2 Å². The second-order valence-corrected chi connectivity index (χ2v) is 7.92. The molecule has 3 aromatic rings. The molecule has 0 amide bonds. The molecule has 2 N–H and O–H groups in total. The van der Waals surface area contributed by atoms with Crippen molar-refractivity contribution >= 4 is 17.1 Å². The number of alkyl halides is 3. The fraction of sp³-hybridized carbons (Fsp3) is 0.450. The second kappa shape index (κ2) is 7.56. The predicted octanol–water partition coefficient (Wildman–Crippen LogP) is 1.43. The van der Waals surface area contributed by atoms with Crippen molar-refractivity contribution in [2.75, 3.05) is 18.0 Å². The molecule has 1 unspecified atom stereocenters. The zero-order valence-electron chi connectivity index (χ0n) is 17.2. The SMILES string of the molecule is Cn1c(=O)c2c(nc(N3CCCC(N)C3)n2Cc2cccc(C(F)(F)F)c2)n(C)c1=O. The zero-order valence-corrected chi connectivity index (χ0v) is 17.2. The van der Waals surface area contributed by atoms with Crippen LogP contribution < -0.4 is 21.9 Å². The Kier molecular flexibility index (Phi) is 5.16. The van der Waals surface area contributed by atoms with E-state index in [1.807, 2.05) is 4.90 Å². The van der Waals surface area contributed by atoms with Gasteiger partial charge in [0.2, 0.25) is 5.95 Å². The van der Waals surface area contributed by atoms with Gasteiger partial charge in [-0.05, 0) is 30.5 Å².